The van der Waals surface area contributed by atoms with Crippen LogP contribution in [0.2, 0.25) is 0 Å². The van der Waals surface area contributed by atoms with Gasteiger partial charge in [-0.2, -0.15) is 4.31 Å². The zero-order valence-electron chi connectivity index (χ0n) is 27.4. The number of carbonyl (C=O) groups excluding carboxylic acids is 4. The molecule has 0 aliphatic carbocycles. The Morgan fingerprint density at radius 2 is 1.60 bits per heavy atom. The first-order chi connectivity index (χ1) is 24.2. The summed E-state index contributed by atoms with van der Waals surface area (Å²) >= 11 is 0. The topological polar surface area (TPSA) is 336 Å². The average molecular weight is 790 g/mol. The number of anilines is 1. The van der Waals surface area contributed by atoms with Crippen molar-refractivity contribution in [2.75, 3.05) is 18.9 Å². The van der Waals surface area contributed by atoms with E-state index in [1.165, 1.54) is 0 Å². The minimum atomic E-state index is -5.90. The smallest absolute Gasteiger partial charge is 0.462 e. The number of phosphoric ester groups is 2. The van der Waals surface area contributed by atoms with Gasteiger partial charge in [-0.15, -0.1) is 0 Å². The van der Waals surface area contributed by atoms with Crippen molar-refractivity contribution in [3.05, 3.63) is 12.7 Å². The number of aliphatic hydroxyl groups excluding tert-OH is 2. The zero-order chi connectivity index (χ0) is 38.7. The van der Waals surface area contributed by atoms with Crippen molar-refractivity contribution >= 4 is 56.5 Å². The first-order valence-electron chi connectivity index (χ1n) is 14.8. The fourth-order valence-electron chi connectivity index (χ4n) is 5.10. The van der Waals surface area contributed by atoms with Gasteiger partial charge >= 0.3 is 39.5 Å². The molecule has 2 aliphatic heterocycles. The molecule has 0 spiro atoms. The quantitative estimate of drug-likeness (QED) is 0.0843. The molecule has 2 saturated heterocycles. The number of nitrogens with zero attached hydrogens (tertiary/aromatic N) is 4. The van der Waals surface area contributed by atoms with E-state index in [1.807, 2.05) is 0 Å². The molecule has 4 rings (SSSR count). The van der Waals surface area contributed by atoms with Gasteiger partial charge in [-0.05, 0) is 0 Å². The number of fused-ring (bicyclic) bond motifs is 1. The van der Waals surface area contributed by atoms with E-state index in [9.17, 15) is 48.3 Å². The second-order valence-corrected chi connectivity index (χ2v) is 14.1. The predicted molar refractivity (Wildman–Crippen MR) is 160 cm³/mol. The van der Waals surface area contributed by atoms with Crippen LogP contribution in [0.25, 0.3) is 11.2 Å². The number of hydrogen-bond acceptors (Lipinski definition) is 21. The summed E-state index contributed by atoms with van der Waals surface area (Å²) in [6, 6.07) is 0. The molecule has 27 heteroatoms. The van der Waals surface area contributed by atoms with Crippen molar-refractivity contribution in [2.24, 2.45) is 0 Å². The third kappa shape index (κ3) is 10.0. The average Bonchev–Trinajstić information content (AvgIpc) is 3.57. The molecule has 290 valence electrons. The second kappa shape index (κ2) is 16.5. The lowest BCUT2D eigenvalue weighted by Crippen LogP contribution is -2.64. The molecule has 4 heterocycles. The fraction of sp³-hybridized carbons (Fsp3) is 0.640. The highest BCUT2D eigenvalue weighted by molar-refractivity contribution is 7.61. The van der Waals surface area contributed by atoms with E-state index in [0.29, 0.717) is 0 Å². The standard InChI is InChI=1S/C25H34FN5O19P2/c1-9(32)42-5-14(44-10(2)33)19-21(46-12(4)35)20(45-11(3)34)18(37)25(48-19)49-52(40,41)50-51(38,39)43-6-13-15(26)17(36)24(47-13)31-8-30-16-22(27)28-7-29-23(16)31/h7-8,13-15,17-21,24-25,36-37H,5-6H2,1-4H3,(H,38,39)(H,40,41)(H2,27,28,29)/t13-,14-,15?,17?,18?,19?,20?,21-,24-,25+/m1/s1. The Bertz CT molecular complexity index is 1750. The Morgan fingerprint density at radius 3 is 2.21 bits per heavy atom. The number of halogens is 1. The molecular weight excluding hydrogens is 755 g/mol. The van der Waals surface area contributed by atoms with E-state index in [0.717, 1.165) is 44.9 Å². The summed E-state index contributed by atoms with van der Waals surface area (Å²) in [5.74, 6) is -4.03. The van der Waals surface area contributed by atoms with E-state index in [-0.39, 0.29) is 17.0 Å². The van der Waals surface area contributed by atoms with Crippen LogP contribution in [-0.4, -0.2) is 132 Å². The van der Waals surface area contributed by atoms with Gasteiger partial charge < -0.3 is 54.2 Å². The SMILES string of the molecule is CC(=O)OC[C@@H](OC(C)=O)C1O[C@@H](OP(=O)(O)OP(=O)(O)OC[C@H]2O[C@@H](n3cnc4c(N)ncnc43)C(O)C2F)C(O)C(OC(C)=O)[C@@H]1OC(C)=O. The van der Waals surface area contributed by atoms with E-state index >= 15 is 4.39 Å². The van der Waals surface area contributed by atoms with Gasteiger partial charge in [0, 0.05) is 27.7 Å². The zero-order valence-corrected chi connectivity index (χ0v) is 29.2. The van der Waals surface area contributed by atoms with Gasteiger partial charge in [0.2, 0.25) is 0 Å². The maximum Gasteiger partial charge on any atom is 0.483 e. The molecule has 24 nitrogen and oxygen atoms in total. The highest BCUT2D eigenvalue weighted by atomic mass is 31.3. The van der Waals surface area contributed by atoms with Crippen LogP contribution in [0, 0.1) is 0 Å². The van der Waals surface area contributed by atoms with Crippen LogP contribution in [-0.2, 0) is 70.1 Å². The third-order valence-corrected chi connectivity index (χ3v) is 9.69. The highest BCUT2D eigenvalue weighted by Gasteiger charge is 2.56. The van der Waals surface area contributed by atoms with Crippen LogP contribution in [0.4, 0.5) is 10.2 Å². The Labute approximate surface area is 291 Å². The van der Waals surface area contributed by atoms with Crippen molar-refractivity contribution in [2.45, 2.75) is 89.1 Å². The van der Waals surface area contributed by atoms with Crippen molar-refractivity contribution in [1.82, 2.24) is 19.5 Å². The summed E-state index contributed by atoms with van der Waals surface area (Å²) < 4.78 is 86.6. The minimum absolute atomic E-state index is 0.0269. The van der Waals surface area contributed by atoms with E-state index in [4.69, 9.17) is 38.7 Å². The minimum Gasteiger partial charge on any atom is -0.462 e. The molecule has 12 atom stereocenters. The molecule has 2 fully saturated rings. The Hall–Kier alpha value is -3.74. The number of aromatic nitrogens is 4. The van der Waals surface area contributed by atoms with Crippen molar-refractivity contribution in [3.8, 4) is 0 Å². The van der Waals surface area contributed by atoms with E-state index in [1.54, 1.807) is 0 Å². The first-order valence-corrected chi connectivity index (χ1v) is 17.8. The second-order valence-electron chi connectivity index (χ2n) is 11.1. The largest absolute Gasteiger partial charge is 0.483 e. The molecular formula is C25H34FN5O19P2. The molecule has 2 aromatic rings. The lowest BCUT2D eigenvalue weighted by atomic mass is 9.94. The number of alkyl halides is 1. The van der Waals surface area contributed by atoms with E-state index < -0.39 is 114 Å². The lowest BCUT2D eigenvalue weighted by molar-refractivity contribution is -0.299. The van der Waals surface area contributed by atoms with Crippen molar-refractivity contribution < 1.29 is 94.5 Å². The number of ether oxygens (including phenoxy) is 6. The molecule has 7 unspecified atom stereocenters. The van der Waals surface area contributed by atoms with Gasteiger partial charge in [-0.3, -0.25) is 32.8 Å². The summed E-state index contributed by atoms with van der Waals surface area (Å²) in [5, 5.41) is 21.4. The highest BCUT2D eigenvalue weighted by Crippen LogP contribution is 2.61. The first kappa shape index (κ1) is 41.0. The summed E-state index contributed by atoms with van der Waals surface area (Å²) in [6.45, 7) is 1.76. The van der Waals surface area contributed by atoms with Gasteiger partial charge in [0.1, 0.15) is 42.9 Å². The molecule has 0 amide bonds. The summed E-state index contributed by atoms with van der Waals surface area (Å²) in [5.41, 5.74) is 5.89. The van der Waals surface area contributed by atoms with Gasteiger partial charge in [-0.25, -0.2) is 28.5 Å². The summed E-state index contributed by atoms with van der Waals surface area (Å²) in [4.78, 5) is 79.6. The molecule has 0 bridgehead atoms. The normalized spacial score (nSPS) is 30.4. The predicted octanol–water partition coefficient (Wildman–Crippen LogP) is -1.30. The molecule has 6 N–H and O–H groups in total. The molecule has 52 heavy (non-hydrogen) atoms. The molecule has 0 saturated carbocycles. The van der Waals surface area contributed by atoms with Crippen LogP contribution in [0.1, 0.15) is 33.9 Å². The molecule has 2 aromatic heterocycles. The number of hydrogen-bond donors (Lipinski definition) is 5. The Morgan fingerprint density at radius 1 is 0.942 bits per heavy atom. The molecule has 0 radical (unpaired) electrons. The van der Waals surface area contributed by atoms with E-state index in [2.05, 4.69) is 23.8 Å². The van der Waals surface area contributed by atoms with Crippen LogP contribution < -0.4 is 5.73 Å². The number of imidazole rings is 1. The number of rotatable bonds is 14. The number of nitrogen functional groups attached to an aromatic ring is 1. The Balaban J connectivity index is 1.50. The van der Waals surface area contributed by atoms with Gasteiger partial charge in [0.05, 0.1) is 12.9 Å². The third-order valence-electron chi connectivity index (χ3n) is 7.09. The lowest BCUT2D eigenvalue weighted by Gasteiger charge is -2.44. The number of aliphatic hydroxyl groups is 2. The van der Waals surface area contributed by atoms with Crippen molar-refractivity contribution in [3.63, 3.8) is 0 Å². The Kier molecular flexibility index (Phi) is 13.0. The van der Waals surface area contributed by atoms with Crippen LogP contribution >= 0.6 is 15.6 Å². The fourth-order valence-corrected chi connectivity index (χ4v) is 7.26. The molecule has 2 aliphatic rings. The van der Waals surface area contributed by atoms with Gasteiger partial charge in [-0.1, -0.05) is 0 Å². The molecule has 0 aromatic carbocycles. The summed E-state index contributed by atoms with van der Waals surface area (Å²) in [7, 11) is -11.6. The number of phosphoric acid groups is 2. The van der Waals surface area contributed by atoms with Crippen molar-refractivity contribution in [1.29, 1.82) is 0 Å². The van der Waals surface area contributed by atoms with Crippen LogP contribution in [0.5, 0.6) is 0 Å². The maximum absolute atomic E-state index is 15.0. The van der Waals surface area contributed by atoms with Gasteiger partial charge in [0.15, 0.2) is 48.5 Å². The van der Waals surface area contributed by atoms with Gasteiger partial charge in [0.25, 0.3) is 0 Å². The summed E-state index contributed by atoms with van der Waals surface area (Å²) in [6.07, 6.45) is -17.4. The number of carbonyl (C=O) groups is 4. The van der Waals surface area contributed by atoms with Crippen LogP contribution in [0.3, 0.4) is 0 Å². The monoisotopic (exact) mass is 789 g/mol. The van der Waals surface area contributed by atoms with Crippen LogP contribution in [0.15, 0.2) is 12.7 Å². The number of esters is 4. The number of nitrogens with two attached hydrogens (primary N) is 1. The maximum atomic E-state index is 15.0.